The van der Waals surface area contributed by atoms with Crippen LogP contribution in [0.25, 0.3) is 0 Å². The summed E-state index contributed by atoms with van der Waals surface area (Å²) in [6.07, 6.45) is -21.6. The zero-order valence-corrected chi connectivity index (χ0v) is 34.0. The number of halogens is 34. The summed E-state index contributed by atoms with van der Waals surface area (Å²) in [5.41, 5.74) is 0. The van der Waals surface area contributed by atoms with E-state index in [-0.39, 0.29) is 0 Å². The Morgan fingerprint density at radius 1 is 0.258 bits per heavy atom. The fourth-order valence-corrected chi connectivity index (χ4v) is 9.90. The third-order valence-electron chi connectivity index (χ3n) is 10.1. The van der Waals surface area contributed by atoms with Crippen molar-refractivity contribution in [2.24, 2.45) is 0 Å². The van der Waals surface area contributed by atoms with E-state index in [0.717, 1.165) is 26.2 Å². The molecular weight excluding hydrogens is 1060 g/mol. The molecule has 0 bridgehead atoms. The topological polar surface area (TPSA) is 0 Å². The number of hydrogen-bond donors (Lipinski definition) is 0. The van der Waals surface area contributed by atoms with E-state index in [2.05, 4.69) is 0 Å². The summed E-state index contributed by atoms with van der Waals surface area (Å²) < 4.78 is 463. The van der Waals surface area contributed by atoms with E-state index in [1.165, 1.54) is 0 Å². The number of alkyl halides is 34. The maximum atomic E-state index is 14.6. The van der Waals surface area contributed by atoms with Crippen molar-refractivity contribution in [3.8, 4) is 0 Å². The Bertz CT molecular complexity index is 1720. The van der Waals surface area contributed by atoms with Crippen LogP contribution in [0.3, 0.4) is 0 Å². The highest BCUT2D eigenvalue weighted by molar-refractivity contribution is 6.91. The van der Waals surface area contributed by atoms with Gasteiger partial charge < -0.3 is 0 Å². The van der Waals surface area contributed by atoms with Gasteiger partial charge in [0.1, 0.15) is 0 Å². The third kappa shape index (κ3) is 8.77. The van der Waals surface area contributed by atoms with Gasteiger partial charge in [0.2, 0.25) is 0 Å². The fourth-order valence-electron chi connectivity index (χ4n) is 5.31. The fraction of sp³-hybridized carbons (Fsp3) is 0.800. The van der Waals surface area contributed by atoms with Crippen LogP contribution in [-0.2, 0) is 0 Å². The highest BCUT2D eigenvalue weighted by Crippen LogP contribution is 2.66. The Morgan fingerprint density at radius 2 is 0.409 bits per heavy atom. The second-order valence-corrected chi connectivity index (χ2v) is 25.3. The molecule has 0 aliphatic rings. The first-order valence-corrected chi connectivity index (χ1v) is 23.1. The van der Waals surface area contributed by atoms with Crippen LogP contribution in [0.4, 0.5) is 149 Å². The van der Waals surface area contributed by atoms with Crippen LogP contribution in [0, 0.1) is 0 Å². The zero-order chi connectivity index (χ0) is 53.8. The smallest absolute Gasteiger partial charge is 0.200 e. The lowest BCUT2D eigenvalue weighted by atomic mass is 9.88. The van der Waals surface area contributed by atoms with Crippen molar-refractivity contribution in [1.82, 2.24) is 0 Å². The third-order valence-corrected chi connectivity index (χ3v) is 16.9. The standard InChI is InChI=1S/C30H24F34Si2/c1-65(2,11-9-15(31,32)17(35,36)19(39,40)21(43,44)23(47,48)25(51,52)27(55,56)29(59,60)61)13-5-7-14(8-6-13)66(3,4)12-10-16(33,34)18(37,38)20(41,42)22(45,46)24(49,50)26(53,54)28(57,58)30(62,63)64/h5-8H,9-12H2,1-4H3. The van der Waals surface area contributed by atoms with Gasteiger partial charge in [0.25, 0.3) is 0 Å². The van der Waals surface area contributed by atoms with Crippen LogP contribution in [0.1, 0.15) is 12.8 Å². The molecule has 0 aromatic heterocycles. The predicted octanol–water partition coefficient (Wildman–Crippen LogP) is 14.3. The number of benzene rings is 1. The van der Waals surface area contributed by atoms with Crippen LogP contribution >= 0.6 is 0 Å². The summed E-state index contributed by atoms with van der Waals surface area (Å²) in [5, 5.41) is -0.805. The maximum Gasteiger partial charge on any atom is 0.460 e. The van der Waals surface area contributed by atoms with Crippen LogP contribution in [0.2, 0.25) is 38.3 Å². The van der Waals surface area contributed by atoms with Crippen molar-refractivity contribution in [2.45, 2.75) is 146 Å². The minimum absolute atomic E-state index is 0.402. The van der Waals surface area contributed by atoms with Gasteiger partial charge in [-0.25, -0.2) is 0 Å². The quantitative estimate of drug-likeness (QED) is 0.0902. The second-order valence-electron chi connectivity index (χ2n) is 15.6. The molecule has 1 aromatic carbocycles. The van der Waals surface area contributed by atoms with Gasteiger partial charge in [-0.2, -0.15) is 149 Å². The summed E-state index contributed by atoms with van der Waals surface area (Å²) in [7, 11) is -8.10. The summed E-state index contributed by atoms with van der Waals surface area (Å²) in [6.45, 7) is 3.23. The molecule has 0 unspecified atom stereocenters. The van der Waals surface area contributed by atoms with Crippen LogP contribution < -0.4 is 10.4 Å². The first kappa shape index (κ1) is 61.3. The predicted molar refractivity (Wildman–Crippen MR) is 161 cm³/mol. The van der Waals surface area contributed by atoms with Gasteiger partial charge in [0, 0.05) is 12.8 Å². The van der Waals surface area contributed by atoms with Gasteiger partial charge in [-0.05, 0) is 12.1 Å². The first-order valence-electron chi connectivity index (χ1n) is 16.7. The molecule has 0 aliphatic heterocycles. The summed E-state index contributed by atoms with van der Waals surface area (Å²) in [5.74, 6) is -116. The van der Waals surface area contributed by atoms with Gasteiger partial charge >= 0.3 is 95.3 Å². The average molecular weight is 1090 g/mol. The van der Waals surface area contributed by atoms with Crippen LogP contribution in [-0.4, -0.2) is 111 Å². The van der Waals surface area contributed by atoms with E-state index in [9.17, 15) is 149 Å². The monoisotopic (exact) mass is 1090 g/mol. The normalized spacial score (nSPS) is 16.6. The molecule has 1 rings (SSSR count). The van der Waals surface area contributed by atoms with E-state index in [1.54, 1.807) is 0 Å². The lowest BCUT2D eigenvalue weighted by Crippen LogP contribution is -2.74. The SMILES string of the molecule is C[Si](C)(CCC(F)(F)C(F)(F)C(F)(F)C(F)(F)C(F)(F)C(F)(F)C(F)(F)C(F)(F)F)c1ccc([Si](C)(C)CCC(F)(F)C(F)(F)C(F)(F)C(F)(F)C(F)(F)C(F)(F)C(F)(F)C(F)(F)F)cc1. The average Bonchev–Trinajstić information content (AvgIpc) is 3.11. The van der Waals surface area contributed by atoms with Gasteiger partial charge in [-0.1, -0.05) is 60.8 Å². The molecule has 0 atom stereocenters. The van der Waals surface area contributed by atoms with Crippen LogP contribution in [0.15, 0.2) is 24.3 Å². The highest BCUT2D eigenvalue weighted by Gasteiger charge is 2.97. The molecule has 0 aliphatic carbocycles. The Morgan fingerprint density at radius 3 is 0.576 bits per heavy atom. The summed E-state index contributed by atoms with van der Waals surface area (Å²) in [4.78, 5) is 0. The van der Waals surface area contributed by atoms with Crippen molar-refractivity contribution in [2.75, 3.05) is 0 Å². The maximum absolute atomic E-state index is 14.6. The molecular formula is C30H24F34Si2. The van der Waals surface area contributed by atoms with Crippen LogP contribution in [0.5, 0.6) is 0 Å². The molecule has 0 saturated carbocycles. The van der Waals surface area contributed by atoms with E-state index in [0.29, 0.717) is 24.3 Å². The molecule has 0 radical (unpaired) electrons. The Labute approximate surface area is 347 Å². The molecule has 0 N–H and O–H groups in total. The summed E-state index contributed by atoms with van der Waals surface area (Å²) >= 11 is 0. The molecule has 36 heteroatoms. The minimum atomic E-state index is -8.88. The van der Waals surface area contributed by atoms with Crippen molar-refractivity contribution in [3.63, 3.8) is 0 Å². The van der Waals surface area contributed by atoms with E-state index < -0.39 is 147 Å². The molecule has 0 amide bonds. The second kappa shape index (κ2) is 16.4. The lowest BCUT2D eigenvalue weighted by Gasteiger charge is -2.43. The molecule has 66 heavy (non-hydrogen) atoms. The van der Waals surface area contributed by atoms with Gasteiger partial charge in [0.05, 0.1) is 16.1 Å². The van der Waals surface area contributed by atoms with Gasteiger partial charge in [0.15, 0.2) is 0 Å². The molecule has 0 fully saturated rings. The van der Waals surface area contributed by atoms with Crippen molar-refractivity contribution in [1.29, 1.82) is 0 Å². The molecule has 0 saturated heterocycles. The van der Waals surface area contributed by atoms with Gasteiger partial charge in [-0.15, -0.1) is 0 Å². The van der Waals surface area contributed by atoms with Gasteiger partial charge in [-0.3, -0.25) is 0 Å². The van der Waals surface area contributed by atoms with E-state index >= 15 is 0 Å². The van der Waals surface area contributed by atoms with Crippen molar-refractivity contribution in [3.05, 3.63) is 24.3 Å². The van der Waals surface area contributed by atoms with Crippen molar-refractivity contribution < 1.29 is 149 Å². The molecule has 0 spiro atoms. The molecule has 1 aromatic rings. The Hall–Kier alpha value is -2.73. The highest BCUT2D eigenvalue weighted by atomic mass is 28.3. The molecule has 0 nitrogen and oxygen atoms in total. The molecule has 390 valence electrons. The minimum Gasteiger partial charge on any atom is -0.200 e. The van der Waals surface area contributed by atoms with E-state index in [4.69, 9.17) is 0 Å². The lowest BCUT2D eigenvalue weighted by molar-refractivity contribution is -0.461. The Balaban J connectivity index is 3.46. The number of hydrogen-bond acceptors (Lipinski definition) is 0. The first-order chi connectivity index (χ1) is 28.1. The Kier molecular flexibility index (Phi) is 15.3. The number of rotatable bonds is 20. The summed E-state index contributed by atoms with van der Waals surface area (Å²) in [6, 6.07) is -0.513. The van der Waals surface area contributed by atoms with E-state index in [1.807, 2.05) is 0 Å². The largest absolute Gasteiger partial charge is 0.460 e. The van der Waals surface area contributed by atoms with Crippen molar-refractivity contribution >= 4 is 26.5 Å². The zero-order valence-electron chi connectivity index (χ0n) is 32.0. The molecule has 0 heterocycles.